The van der Waals surface area contributed by atoms with Crippen molar-refractivity contribution in [1.82, 2.24) is 20.4 Å². The van der Waals surface area contributed by atoms with E-state index >= 15 is 0 Å². The number of benzene rings is 1. The van der Waals surface area contributed by atoms with Crippen molar-refractivity contribution in [2.45, 2.75) is 51.7 Å². The summed E-state index contributed by atoms with van der Waals surface area (Å²) >= 11 is 7.34. The fourth-order valence-corrected chi connectivity index (χ4v) is 3.79. The van der Waals surface area contributed by atoms with Crippen LogP contribution in [-0.4, -0.2) is 21.0 Å². The van der Waals surface area contributed by atoms with Gasteiger partial charge in [0.05, 0.1) is 12.1 Å². The highest BCUT2D eigenvalue weighted by molar-refractivity contribution is 7.09. The van der Waals surface area contributed by atoms with Gasteiger partial charge in [0.1, 0.15) is 23.4 Å². The molecule has 1 atom stereocenters. The van der Waals surface area contributed by atoms with Crippen molar-refractivity contribution >= 4 is 28.8 Å². The van der Waals surface area contributed by atoms with Crippen LogP contribution < -0.4 is 10.1 Å². The summed E-state index contributed by atoms with van der Waals surface area (Å²) in [5.74, 6) is 2.34. The number of ether oxygens (including phenoxy) is 1. The topological polar surface area (TPSA) is 90.1 Å². The maximum absolute atomic E-state index is 12.6. The lowest BCUT2D eigenvalue weighted by Gasteiger charge is -2.18. The number of carbonyl (C=O) groups excluding carboxylic acids is 1. The molecule has 1 saturated carbocycles. The van der Waals surface area contributed by atoms with Gasteiger partial charge in [-0.15, -0.1) is 11.3 Å². The third-order valence-electron chi connectivity index (χ3n) is 4.77. The van der Waals surface area contributed by atoms with E-state index in [1.54, 1.807) is 12.1 Å². The molecule has 158 valence electrons. The van der Waals surface area contributed by atoms with E-state index in [4.69, 9.17) is 20.9 Å². The smallest absolute Gasteiger partial charge is 0.249 e. The molecule has 3 aromatic rings. The molecule has 0 saturated heterocycles. The van der Waals surface area contributed by atoms with E-state index in [1.807, 2.05) is 31.4 Å². The van der Waals surface area contributed by atoms with Crippen molar-refractivity contribution in [2.75, 3.05) is 0 Å². The average Bonchev–Trinajstić information content (AvgIpc) is 3.28. The van der Waals surface area contributed by atoms with Gasteiger partial charge in [0.2, 0.25) is 11.8 Å². The number of aromatic nitrogens is 3. The number of nitrogens with zero attached hydrogens (tertiary/aromatic N) is 3. The second-order valence-corrected chi connectivity index (χ2v) is 9.09. The predicted octanol–water partition coefficient (Wildman–Crippen LogP) is 4.69. The highest BCUT2D eigenvalue weighted by atomic mass is 35.5. The molecule has 1 aromatic carbocycles. The minimum atomic E-state index is -0.316. The van der Waals surface area contributed by atoms with Crippen LogP contribution in [0.25, 0.3) is 0 Å². The van der Waals surface area contributed by atoms with Gasteiger partial charge in [-0.25, -0.2) is 4.98 Å². The summed E-state index contributed by atoms with van der Waals surface area (Å²) in [7, 11) is 0. The number of thiazole rings is 1. The number of carbonyl (C=O) groups is 1. The van der Waals surface area contributed by atoms with Crippen LogP contribution in [0.5, 0.6) is 5.75 Å². The SMILES string of the molecule is CC(C)C(NC(=O)Cc1csc(COc2ccc(Cl)cc2)n1)c1nc(C2CC2)no1. The second-order valence-electron chi connectivity index (χ2n) is 7.71. The molecule has 1 fully saturated rings. The Labute approximate surface area is 183 Å². The van der Waals surface area contributed by atoms with E-state index in [2.05, 4.69) is 20.4 Å². The number of halogens is 1. The lowest BCUT2D eigenvalue weighted by molar-refractivity contribution is -0.121. The number of hydrogen-bond acceptors (Lipinski definition) is 7. The molecule has 2 aromatic heterocycles. The minimum absolute atomic E-state index is 0.125. The van der Waals surface area contributed by atoms with Crippen LogP contribution in [0.2, 0.25) is 5.02 Å². The first kappa shape index (κ1) is 20.8. The molecule has 1 N–H and O–H groups in total. The van der Waals surface area contributed by atoms with Crippen LogP contribution in [0.3, 0.4) is 0 Å². The number of rotatable bonds is 9. The third kappa shape index (κ3) is 5.37. The highest BCUT2D eigenvalue weighted by Gasteiger charge is 2.31. The molecule has 0 spiro atoms. The largest absolute Gasteiger partial charge is 0.486 e. The average molecular weight is 447 g/mol. The molecular weight excluding hydrogens is 424 g/mol. The lowest BCUT2D eigenvalue weighted by atomic mass is 10.0. The van der Waals surface area contributed by atoms with E-state index in [0.29, 0.717) is 29.1 Å². The van der Waals surface area contributed by atoms with Crippen molar-refractivity contribution in [1.29, 1.82) is 0 Å². The molecule has 30 heavy (non-hydrogen) atoms. The van der Waals surface area contributed by atoms with E-state index in [0.717, 1.165) is 29.4 Å². The van der Waals surface area contributed by atoms with Gasteiger partial charge >= 0.3 is 0 Å². The van der Waals surface area contributed by atoms with Gasteiger partial charge in [-0.1, -0.05) is 30.6 Å². The first-order chi connectivity index (χ1) is 14.5. The molecule has 9 heteroatoms. The summed E-state index contributed by atoms with van der Waals surface area (Å²) in [6.07, 6.45) is 2.39. The standard InChI is InChI=1S/C21H23ClN4O3S/c1-12(2)19(21-25-20(26-29-21)13-3-4-13)24-17(27)9-15-11-30-18(23-15)10-28-16-7-5-14(22)6-8-16/h5-8,11-13,19H,3-4,9-10H2,1-2H3,(H,24,27). The molecule has 0 radical (unpaired) electrons. The Morgan fingerprint density at radius 1 is 1.30 bits per heavy atom. The first-order valence-corrected chi connectivity index (χ1v) is 11.2. The molecule has 0 bridgehead atoms. The monoisotopic (exact) mass is 446 g/mol. The molecule has 1 aliphatic rings. The van der Waals surface area contributed by atoms with Crippen LogP contribution in [0.15, 0.2) is 34.2 Å². The summed E-state index contributed by atoms with van der Waals surface area (Å²) in [6, 6.07) is 6.85. The van der Waals surface area contributed by atoms with Crippen molar-refractivity contribution < 1.29 is 14.1 Å². The first-order valence-electron chi connectivity index (χ1n) is 9.92. The van der Waals surface area contributed by atoms with Gasteiger partial charge in [0.15, 0.2) is 5.82 Å². The van der Waals surface area contributed by atoms with Crippen LogP contribution >= 0.6 is 22.9 Å². The van der Waals surface area contributed by atoms with Crippen molar-refractivity contribution in [3.63, 3.8) is 0 Å². The molecule has 0 aliphatic heterocycles. The molecular formula is C21H23ClN4O3S. The number of nitrogens with one attached hydrogen (secondary N) is 1. The predicted molar refractivity (Wildman–Crippen MR) is 114 cm³/mol. The van der Waals surface area contributed by atoms with E-state index in [-0.39, 0.29) is 24.3 Å². The Morgan fingerprint density at radius 2 is 2.07 bits per heavy atom. The Kier molecular flexibility index (Phi) is 6.34. The van der Waals surface area contributed by atoms with Gasteiger partial charge in [0, 0.05) is 16.3 Å². The van der Waals surface area contributed by atoms with E-state index in [9.17, 15) is 4.79 Å². The van der Waals surface area contributed by atoms with Crippen molar-refractivity contribution in [3.8, 4) is 5.75 Å². The van der Waals surface area contributed by atoms with Crippen LogP contribution in [0.1, 0.15) is 61.1 Å². The van der Waals surface area contributed by atoms with Crippen LogP contribution in [0, 0.1) is 5.92 Å². The van der Waals surface area contributed by atoms with Crippen molar-refractivity contribution in [3.05, 3.63) is 57.1 Å². The summed E-state index contributed by atoms with van der Waals surface area (Å²) in [5, 5.41) is 10.4. The Bertz CT molecular complexity index is 998. The zero-order valence-corrected chi connectivity index (χ0v) is 18.4. The Hall–Kier alpha value is -2.45. The Morgan fingerprint density at radius 3 is 2.77 bits per heavy atom. The second kappa shape index (κ2) is 9.14. The van der Waals surface area contributed by atoms with Gasteiger partial charge in [0.25, 0.3) is 0 Å². The Balaban J connectivity index is 1.31. The summed E-state index contributed by atoms with van der Waals surface area (Å²) in [4.78, 5) is 21.6. The summed E-state index contributed by atoms with van der Waals surface area (Å²) in [5.41, 5.74) is 0.707. The minimum Gasteiger partial charge on any atom is -0.486 e. The fraction of sp³-hybridized carbons (Fsp3) is 0.429. The quantitative estimate of drug-likeness (QED) is 0.512. The molecule has 1 aliphatic carbocycles. The third-order valence-corrected chi connectivity index (χ3v) is 5.89. The van der Waals surface area contributed by atoms with Gasteiger partial charge in [-0.05, 0) is 43.0 Å². The van der Waals surface area contributed by atoms with Crippen molar-refractivity contribution in [2.24, 2.45) is 5.92 Å². The highest BCUT2D eigenvalue weighted by Crippen LogP contribution is 2.38. The zero-order valence-electron chi connectivity index (χ0n) is 16.8. The molecule has 1 amide bonds. The van der Waals surface area contributed by atoms with Crippen LogP contribution in [0.4, 0.5) is 0 Å². The summed E-state index contributed by atoms with van der Waals surface area (Å²) in [6.45, 7) is 4.37. The maximum atomic E-state index is 12.6. The lowest BCUT2D eigenvalue weighted by Crippen LogP contribution is -2.33. The molecule has 7 nitrogen and oxygen atoms in total. The van der Waals surface area contributed by atoms with Gasteiger partial charge < -0.3 is 14.6 Å². The zero-order chi connectivity index (χ0) is 21.1. The van der Waals surface area contributed by atoms with Gasteiger partial charge in [-0.3, -0.25) is 4.79 Å². The molecule has 4 rings (SSSR count). The molecule has 2 heterocycles. The van der Waals surface area contributed by atoms with E-state index < -0.39 is 0 Å². The molecule has 1 unspecified atom stereocenters. The maximum Gasteiger partial charge on any atom is 0.249 e. The van der Waals surface area contributed by atoms with Crippen LogP contribution in [-0.2, 0) is 17.8 Å². The normalized spacial score (nSPS) is 14.7. The number of hydrogen-bond donors (Lipinski definition) is 1. The fourth-order valence-electron chi connectivity index (χ4n) is 2.96. The summed E-state index contributed by atoms with van der Waals surface area (Å²) < 4.78 is 11.1. The van der Waals surface area contributed by atoms with Gasteiger partial charge in [-0.2, -0.15) is 4.98 Å². The van der Waals surface area contributed by atoms with E-state index in [1.165, 1.54) is 11.3 Å². The number of amides is 1.